The molecule has 0 saturated heterocycles. The van der Waals surface area contributed by atoms with Crippen molar-refractivity contribution in [3.05, 3.63) is 67.1 Å². The third-order valence-corrected chi connectivity index (χ3v) is 3.74. The Morgan fingerprint density at radius 3 is 2.71 bits per heavy atom. The van der Waals surface area contributed by atoms with E-state index < -0.39 is 4.92 Å². The molecule has 0 aliphatic heterocycles. The highest BCUT2D eigenvalue weighted by Gasteiger charge is 2.16. The van der Waals surface area contributed by atoms with Gasteiger partial charge in [0.15, 0.2) is 0 Å². The maximum absolute atomic E-state index is 11.0. The van der Waals surface area contributed by atoms with Gasteiger partial charge in [0.05, 0.1) is 15.0 Å². The molecule has 0 unspecified atom stereocenters. The van der Waals surface area contributed by atoms with Gasteiger partial charge in [-0.25, -0.2) is 0 Å². The second-order valence-electron chi connectivity index (χ2n) is 4.25. The number of rotatable bonds is 5. The Labute approximate surface area is 134 Å². The number of nitro groups is 1. The van der Waals surface area contributed by atoms with E-state index in [9.17, 15) is 10.1 Å². The molecule has 0 radical (unpaired) electrons. The molecule has 0 atom stereocenters. The van der Waals surface area contributed by atoms with Crippen molar-refractivity contribution in [2.75, 3.05) is 0 Å². The summed E-state index contributed by atoms with van der Waals surface area (Å²) in [5.74, 6) is 0.578. The summed E-state index contributed by atoms with van der Waals surface area (Å²) in [7, 11) is 0. The zero-order chi connectivity index (χ0) is 15.4. The van der Waals surface area contributed by atoms with Crippen LogP contribution in [-0.4, -0.2) is 4.92 Å². The number of hydrogen-bond acceptors (Lipinski definition) is 4. The Kier molecular flexibility index (Phi) is 5.17. The number of nitro benzene ring substituents is 1. The highest BCUT2D eigenvalue weighted by Crippen LogP contribution is 2.31. The van der Waals surface area contributed by atoms with Crippen molar-refractivity contribution in [1.29, 1.82) is 0 Å². The molecule has 0 spiro atoms. The zero-order valence-electron chi connectivity index (χ0n) is 10.9. The number of para-hydroxylation sites is 1. The van der Waals surface area contributed by atoms with Gasteiger partial charge >= 0.3 is 0 Å². The van der Waals surface area contributed by atoms with Crippen LogP contribution in [0.2, 0.25) is 5.02 Å². The van der Waals surface area contributed by atoms with Crippen LogP contribution < -0.4 is 10.5 Å². The Morgan fingerprint density at radius 1 is 1.29 bits per heavy atom. The molecule has 0 bridgehead atoms. The van der Waals surface area contributed by atoms with E-state index in [1.165, 1.54) is 18.2 Å². The fraction of sp³-hybridized carbons (Fsp3) is 0.143. The van der Waals surface area contributed by atoms with Crippen LogP contribution in [0.5, 0.6) is 5.75 Å². The lowest BCUT2D eigenvalue weighted by molar-refractivity contribution is -0.385. The number of hydrogen-bond donors (Lipinski definition) is 1. The Balaban J connectivity index is 2.28. The van der Waals surface area contributed by atoms with Crippen molar-refractivity contribution in [1.82, 2.24) is 0 Å². The van der Waals surface area contributed by atoms with Crippen molar-refractivity contribution in [3.8, 4) is 5.75 Å². The van der Waals surface area contributed by atoms with Crippen LogP contribution in [0.15, 0.2) is 40.9 Å². The zero-order valence-corrected chi connectivity index (χ0v) is 13.2. The van der Waals surface area contributed by atoms with Gasteiger partial charge in [0.25, 0.3) is 5.69 Å². The summed E-state index contributed by atoms with van der Waals surface area (Å²) in [6.07, 6.45) is 0. The first-order chi connectivity index (χ1) is 10.0. The van der Waals surface area contributed by atoms with Gasteiger partial charge in [0, 0.05) is 23.2 Å². The van der Waals surface area contributed by atoms with Gasteiger partial charge in [-0.3, -0.25) is 10.1 Å². The maximum atomic E-state index is 11.0. The smallest absolute Gasteiger partial charge is 0.276 e. The van der Waals surface area contributed by atoms with Crippen LogP contribution in [0.1, 0.15) is 11.1 Å². The monoisotopic (exact) mass is 370 g/mol. The summed E-state index contributed by atoms with van der Waals surface area (Å²) in [6.45, 7) is 0.346. The predicted molar refractivity (Wildman–Crippen MR) is 84.5 cm³/mol. The lowest BCUT2D eigenvalue weighted by Crippen LogP contribution is -2.05. The molecule has 0 aliphatic rings. The van der Waals surface area contributed by atoms with Crippen molar-refractivity contribution in [2.24, 2.45) is 5.73 Å². The number of nitrogens with two attached hydrogens (primary N) is 1. The van der Waals surface area contributed by atoms with Gasteiger partial charge in [0.2, 0.25) is 0 Å². The van der Waals surface area contributed by atoms with Gasteiger partial charge in [-0.15, -0.1) is 0 Å². The number of benzene rings is 2. The Morgan fingerprint density at radius 2 is 2.05 bits per heavy atom. The Bertz CT molecular complexity index is 679. The molecular formula is C14H12BrClN2O3. The molecule has 7 heteroatoms. The largest absolute Gasteiger partial charge is 0.487 e. The van der Waals surface area contributed by atoms with E-state index in [4.69, 9.17) is 22.1 Å². The second kappa shape index (κ2) is 6.89. The molecule has 5 nitrogen and oxygen atoms in total. The van der Waals surface area contributed by atoms with E-state index in [0.717, 1.165) is 10.0 Å². The summed E-state index contributed by atoms with van der Waals surface area (Å²) in [5, 5.41) is 11.4. The van der Waals surface area contributed by atoms with E-state index >= 15 is 0 Å². The highest BCUT2D eigenvalue weighted by molar-refractivity contribution is 9.10. The first-order valence-electron chi connectivity index (χ1n) is 6.06. The first-order valence-corrected chi connectivity index (χ1v) is 7.23. The lowest BCUT2D eigenvalue weighted by Gasteiger charge is -2.12. The maximum Gasteiger partial charge on any atom is 0.276 e. The molecule has 0 saturated carbocycles. The van der Waals surface area contributed by atoms with Gasteiger partial charge in [0.1, 0.15) is 12.4 Å². The van der Waals surface area contributed by atoms with Gasteiger partial charge in [-0.05, 0) is 34.1 Å². The highest BCUT2D eigenvalue weighted by atomic mass is 79.9. The van der Waals surface area contributed by atoms with Crippen LogP contribution in [0.25, 0.3) is 0 Å². The molecule has 2 rings (SSSR count). The van der Waals surface area contributed by atoms with Crippen molar-refractivity contribution in [3.63, 3.8) is 0 Å². The summed E-state index contributed by atoms with van der Waals surface area (Å²) in [4.78, 5) is 10.6. The van der Waals surface area contributed by atoms with Gasteiger partial charge < -0.3 is 10.5 Å². The van der Waals surface area contributed by atoms with Crippen LogP contribution >= 0.6 is 27.5 Å². The number of ether oxygens (including phenoxy) is 1. The molecule has 2 N–H and O–H groups in total. The number of nitrogens with zero attached hydrogens (tertiary/aromatic N) is 1. The van der Waals surface area contributed by atoms with Crippen LogP contribution in [0.4, 0.5) is 5.69 Å². The third-order valence-electron chi connectivity index (χ3n) is 2.88. The average Bonchev–Trinajstić information content (AvgIpc) is 2.45. The quantitative estimate of drug-likeness (QED) is 0.635. The van der Waals surface area contributed by atoms with Crippen LogP contribution in [0, 0.1) is 10.1 Å². The molecule has 0 aliphatic carbocycles. The van der Waals surface area contributed by atoms with Gasteiger partial charge in [-0.1, -0.05) is 23.7 Å². The molecule has 0 heterocycles. The van der Waals surface area contributed by atoms with Gasteiger partial charge in [-0.2, -0.15) is 0 Å². The predicted octanol–water partition coefficient (Wildman–Crippen LogP) is 4.05. The minimum Gasteiger partial charge on any atom is -0.487 e. The topological polar surface area (TPSA) is 78.4 Å². The number of halogens is 2. The van der Waals surface area contributed by atoms with E-state index in [2.05, 4.69) is 15.9 Å². The SMILES string of the molecule is NCc1cccc(Br)c1OCc1cc(Cl)ccc1[N+](=O)[O-]. The van der Waals surface area contributed by atoms with Crippen molar-refractivity contribution in [2.45, 2.75) is 13.2 Å². The molecule has 2 aromatic carbocycles. The first kappa shape index (κ1) is 15.8. The van der Waals surface area contributed by atoms with E-state index in [0.29, 0.717) is 22.9 Å². The lowest BCUT2D eigenvalue weighted by atomic mass is 10.2. The standard InChI is InChI=1S/C14H12BrClN2O3/c15-12-3-1-2-9(7-17)14(12)21-8-10-6-11(16)4-5-13(10)18(19)20/h1-6H,7-8,17H2. The molecule has 110 valence electrons. The summed E-state index contributed by atoms with van der Waals surface area (Å²) in [5.41, 5.74) is 6.86. The van der Waals surface area contributed by atoms with E-state index in [1.54, 1.807) is 0 Å². The van der Waals surface area contributed by atoms with Crippen molar-refractivity contribution >= 4 is 33.2 Å². The molecule has 0 amide bonds. The second-order valence-corrected chi connectivity index (χ2v) is 5.54. The molecule has 0 fully saturated rings. The minimum absolute atomic E-state index is 0.0271. The minimum atomic E-state index is -0.459. The van der Waals surface area contributed by atoms with E-state index in [-0.39, 0.29) is 12.3 Å². The van der Waals surface area contributed by atoms with Crippen molar-refractivity contribution < 1.29 is 9.66 Å². The molecular weight excluding hydrogens is 360 g/mol. The van der Waals surface area contributed by atoms with Crippen LogP contribution in [-0.2, 0) is 13.2 Å². The molecule has 2 aromatic rings. The normalized spacial score (nSPS) is 10.4. The third kappa shape index (κ3) is 3.72. The Hall–Kier alpha value is -1.63. The van der Waals surface area contributed by atoms with Crippen LogP contribution in [0.3, 0.4) is 0 Å². The summed E-state index contributed by atoms with van der Waals surface area (Å²) >= 11 is 9.27. The van der Waals surface area contributed by atoms with E-state index in [1.807, 2.05) is 18.2 Å². The molecule has 0 aromatic heterocycles. The summed E-state index contributed by atoms with van der Waals surface area (Å²) in [6, 6.07) is 9.88. The fourth-order valence-corrected chi connectivity index (χ4v) is 2.59. The molecule has 21 heavy (non-hydrogen) atoms. The fourth-order valence-electron chi connectivity index (χ4n) is 1.87. The average molecular weight is 372 g/mol. The summed E-state index contributed by atoms with van der Waals surface area (Å²) < 4.78 is 6.45.